The summed E-state index contributed by atoms with van der Waals surface area (Å²) in [5.41, 5.74) is 0.971. The number of ether oxygens (including phenoxy) is 2. The normalized spacial score (nSPS) is 16.0. The number of nitrogens with zero attached hydrogens (tertiary/aromatic N) is 1. The van der Waals surface area contributed by atoms with Crippen molar-refractivity contribution in [3.8, 4) is 17.6 Å². The number of methoxy groups -OCH3 is 1. The smallest absolute Gasteiger partial charge is 0.161 e. The molecule has 0 aromatic heterocycles. The second-order valence-electron chi connectivity index (χ2n) is 4.25. The van der Waals surface area contributed by atoms with Gasteiger partial charge in [0, 0.05) is 0 Å². The molecule has 0 bridgehead atoms. The SMILES string of the molecule is COc1ccc(CC#N)cc1OC1CCSCC1. The zero-order valence-electron chi connectivity index (χ0n) is 10.5. The van der Waals surface area contributed by atoms with Crippen molar-refractivity contribution in [3.63, 3.8) is 0 Å². The van der Waals surface area contributed by atoms with Gasteiger partial charge < -0.3 is 9.47 Å². The van der Waals surface area contributed by atoms with E-state index in [1.54, 1.807) is 7.11 Å². The van der Waals surface area contributed by atoms with Gasteiger partial charge in [0.2, 0.25) is 0 Å². The summed E-state index contributed by atoms with van der Waals surface area (Å²) in [5.74, 6) is 3.83. The Bertz CT molecular complexity index is 436. The molecule has 0 radical (unpaired) electrons. The summed E-state index contributed by atoms with van der Waals surface area (Å²) < 4.78 is 11.3. The summed E-state index contributed by atoms with van der Waals surface area (Å²) in [7, 11) is 1.64. The van der Waals surface area contributed by atoms with E-state index in [4.69, 9.17) is 14.7 Å². The minimum absolute atomic E-state index is 0.275. The number of thioether (sulfide) groups is 1. The van der Waals surface area contributed by atoms with Crippen molar-refractivity contribution in [2.24, 2.45) is 0 Å². The first-order valence-electron chi connectivity index (χ1n) is 6.11. The average Bonchev–Trinajstić information content (AvgIpc) is 2.41. The molecule has 0 amide bonds. The first-order valence-corrected chi connectivity index (χ1v) is 7.27. The van der Waals surface area contributed by atoms with Gasteiger partial charge in [0.25, 0.3) is 0 Å². The van der Waals surface area contributed by atoms with E-state index in [0.29, 0.717) is 6.42 Å². The molecule has 18 heavy (non-hydrogen) atoms. The van der Waals surface area contributed by atoms with E-state index in [-0.39, 0.29) is 6.10 Å². The molecule has 96 valence electrons. The fourth-order valence-corrected chi connectivity index (χ4v) is 3.05. The van der Waals surface area contributed by atoms with Crippen LogP contribution in [0, 0.1) is 11.3 Å². The van der Waals surface area contributed by atoms with Crippen LogP contribution < -0.4 is 9.47 Å². The van der Waals surface area contributed by atoms with Gasteiger partial charge in [-0.25, -0.2) is 0 Å². The van der Waals surface area contributed by atoms with Crippen LogP contribution in [-0.2, 0) is 6.42 Å². The van der Waals surface area contributed by atoms with Gasteiger partial charge in [-0.05, 0) is 42.0 Å². The molecule has 0 atom stereocenters. The first kappa shape index (κ1) is 13.1. The van der Waals surface area contributed by atoms with Gasteiger partial charge >= 0.3 is 0 Å². The third kappa shape index (κ3) is 3.33. The fraction of sp³-hybridized carbons (Fsp3) is 0.500. The highest BCUT2D eigenvalue weighted by Gasteiger charge is 2.17. The zero-order chi connectivity index (χ0) is 12.8. The van der Waals surface area contributed by atoms with Crippen LogP contribution in [0.25, 0.3) is 0 Å². The Morgan fingerprint density at radius 1 is 1.33 bits per heavy atom. The molecule has 1 aliphatic rings. The summed E-state index contributed by atoms with van der Waals surface area (Å²) in [6.45, 7) is 0. The molecule has 1 aromatic carbocycles. The van der Waals surface area contributed by atoms with Gasteiger partial charge in [-0.2, -0.15) is 17.0 Å². The Morgan fingerprint density at radius 2 is 2.11 bits per heavy atom. The molecule has 1 aliphatic heterocycles. The molecule has 0 aliphatic carbocycles. The van der Waals surface area contributed by atoms with Gasteiger partial charge in [0.15, 0.2) is 11.5 Å². The van der Waals surface area contributed by atoms with E-state index >= 15 is 0 Å². The third-order valence-electron chi connectivity index (χ3n) is 2.97. The third-order valence-corrected chi connectivity index (χ3v) is 4.02. The molecular formula is C14H17NO2S. The topological polar surface area (TPSA) is 42.2 Å². The number of benzene rings is 1. The molecule has 1 aromatic rings. The lowest BCUT2D eigenvalue weighted by atomic mass is 10.1. The highest BCUT2D eigenvalue weighted by Crippen LogP contribution is 2.31. The van der Waals surface area contributed by atoms with Crippen molar-refractivity contribution in [1.29, 1.82) is 5.26 Å². The molecule has 0 N–H and O–H groups in total. The van der Waals surface area contributed by atoms with Crippen molar-refractivity contribution in [2.45, 2.75) is 25.4 Å². The van der Waals surface area contributed by atoms with Crippen LogP contribution in [0.5, 0.6) is 11.5 Å². The van der Waals surface area contributed by atoms with Crippen LogP contribution in [0.3, 0.4) is 0 Å². The summed E-state index contributed by atoms with van der Waals surface area (Å²) in [5, 5.41) is 8.73. The largest absolute Gasteiger partial charge is 0.493 e. The lowest BCUT2D eigenvalue weighted by Crippen LogP contribution is -2.22. The molecule has 0 saturated carbocycles. The van der Waals surface area contributed by atoms with Crippen LogP contribution >= 0.6 is 11.8 Å². The van der Waals surface area contributed by atoms with Crippen molar-refractivity contribution in [3.05, 3.63) is 23.8 Å². The summed E-state index contributed by atoms with van der Waals surface area (Å²) in [4.78, 5) is 0. The molecular weight excluding hydrogens is 246 g/mol. The van der Waals surface area contributed by atoms with E-state index in [1.165, 1.54) is 0 Å². The zero-order valence-corrected chi connectivity index (χ0v) is 11.3. The maximum Gasteiger partial charge on any atom is 0.161 e. The second kappa shape index (κ2) is 6.55. The van der Waals surface area contributed by atoms with Crippen molar-refractivity contribution >= 4 is 11.8 Å². The maximum absolute atomic E-state index is 8.73. The van der Waals surface area contributed by atoms with Gasteiger partial charge in [0.1, 0.15) is 6.10 Å². The monoisotopic (exact) mass is 263 g/mol. The Kier molecular flexibility index (Phi) is 4.77. The minimum atomic E-state index is 0.275. The lowest BCUT2D eigenvalue weighted by Gasteiger charge is -2.24. The molecule has 0 spiro atoms. The highest BCUT2D eigenvalue weighted by atomic mass is 32.2. The fourth-order valence-electron chi connectivity index (χ4n) is 1.99. The number of hydrogen-bond donors (Lipinski definition) is 0. The van der Waals surface area contributed by atoms with Crippen LogP contribution in [0.2, 0.25) is 0 Å². The van der Waals surface area contributed by atoms with E-state index in [2.05, 4.69) is 6.07 Å². The lowest BCUT2D eigenvalue weighted by molar-refractivity contribution is 0.184. The van der Waals surface area contributed by atoms with E-state index in [0.717, 1.165) is 41.4 Å². The Labute approximate surface area is 112 Å². The predicted octanol–water partition coefficient (Wildman–Crippen LogP) is 3.04. The first-order chi connectivity index (χ1) is 8.83. The van der Waals surface area contributed by atoms with Gasteiger partial charge in [-0.1, -0.05) is 6.07 Å². The van der Waals surface area contributed by atoms with E-state index < -0.39 is 0 Å². The quantitative estimate of drug-likeness (QED) is 0.837. The molecule has 1 saturated heterocycles. The second-order valence-corrected chi connectivity index (χ2v) is 5.47. The molecule has 4 heteroatoms. The number of rotatable bonds is 4. The van der Waals surface area contributed by atoms with Crippen LogP contribution in [-0.4, -0.2) is 24.7 Å². The highest BCUT2D eigenvalue weighted by molar-refractivity contribution is 7.99. The molecule has 1 fully saturated rings. The maximum atomic E-state index is 8.73. The predicted molar refractivity (Wildman–Crippen MR) is 73.3 cm³/mol. The van der Waals surface area contributed by atoms with Crippen LogP contribution in [0.15, 0.2) is 18.2 Å². The van der Waals surface area contributed by atoms with E-state index in [9.17, 15) is 0 Å². The van der Waals surface area contributed by atoms with Crippen molar-refractivity contribution in [2.75, 3.05) is 18.6 Å². The minimum Gasteiger partial charge on any atom is -0.493 e. The molecule has 2 rings (SSSR count). The summed E-state index contributed by atoms with van der Waals surface area (Å²) in [6.07, 6.45) is 2.84. The Morgan fingerprint density at radius 3 is 2.78 bits per heavy atom. The number of nitriles is 1. The average molecular weight is 263 g/mol. The number of hydrogen-bond acceptors (Lipinski definition) is 4. The standard InChI is InChI=1S/C14H17NO2S/c1-16-13-3-2-11(4-7-15)10-14(13)17-12-5-8-18-9-6-12/h2-3,10,12H,4-6,8-9H2,1H3. The van der Waals surface area contributed by atoms with Crippen LogP contribution in [0.4, 0.5) is 0 Å². The van der Waals surface area contributed by atoms with Gasteiger partial charge in [-0.15, -0.1) is 0 Å². The van der Waals surface area contributed by atoms with Crippen molar-refractivity contribution in [1.82, 2.24) is 0 Å². The molecule has 3 nitrogen and oxygen atoms in total. The Hall–Kier alpha value is -1.34. The molecule has 1 heterocycles. The Balaban J connectivity index is 2.12. The summed E-state index contributed by atoms with van der Waals surface area (Å²) >= 11 is 1.98. The summed E-state index contributed by atoms with van der Waals surface area (Å²) in [6, 6.07) is 7.86. The molecule has 0 unspecified atom stereocenters. The van der Waals surface area contributed by atoms with Gasteiger partial charge in [0.05, 0.1) is 19.6 Å². The van der Waals surface area contributed by atoms with Gasteiger partial charge in [-0.3, -0.25) is 0 Å². The van der Waals surface area contributed by atoms with Crippen molar-refractivity contribution < 1.29 is 9.47 Å². The van der Waals surface area contributed by atoms with Crippen LogP contribution in [0.1, 0.15) is 18.4 Å². The van der Waals surface area contributed by atoms with E-state index in [1.807, 2.05) is 30.0 Å².